The number of halogens is 2. The highest BCUT2D eigenvalue weighted by atomic mass is 32.2. The van der Waals surface area contributed by atoms with Gasteiger partial charge in [-0.2, -0.15) is 8.42 Å². The Bertz CT molecular complexity index is 527. The van der Waals surface area contributed by atoms with E-state index in [1.807, 2.05) is 0 Å². The van der Waals surface area contributed by atoms with Gasteiger partial charge in [0.2, 0.25) is 0 Å². The Morgan fingerprint density at radius 2 is 1.84 bits per heavy atom. The first kappa shape index (κ1) is 15.5. The van der Waals surface area contributed by atoms with Crippen molar-refractivity contribution in [1.29, 1.82) is 0 Å². The van der Waals surface area contributed by atoms with Crippen LogP contribution in [0, 0.1) is 0 Å². The van der Waals surface area contributed by atoms with Crippen LogP contribution in [0.25, 0.3) is 0 Å². The predicted octanol–water partition coefficient (Wildman–Crippen LogP) is 1.76. The molecule has 0 bridgehead atoms. The first-order chi connectivity index (χ1) is 8.70. The summed E-state index contributed by atoms with van der Waals surface area (Å²) in [7, 11) is -4.78. The van der Waals surface area contributed by atoms with Crippen molar-refractivity contribution in [2.75, 3.05) is 12.4 Å². The highest BCUT2D eigenvalue weighted by Gasteiger charge is 2.34. The molecule has 106 valence electrons. The number of carbonyl (C=O) groups is 1. The van der Waals surface area contributed by atoms with Crippen molar-refractivity contribution in [3.05, 3.63) is 35.9 Å². The quantitative estimate of drug-likeness (QED) is 0.638. The molecular formula is C11H12F2O5S. The van der Waals surface area contributed by atoms with E-state index in [1.165, 1.54) is 12.1 Å². The van der Waals surface area contributed by atoms with Crippen LogP contribution in [0.15, 0.2) is 30.3 Å². The molecule has 19 heavy (non-hydrogen) atoms. The number of carbonyl (C=O) groups excluding carboxylic acids is 1. The number of ether oxygens (including phenoxy) is 1. The van der Waals surface area contributed by atoms with Crippen molar-refractivity contribution in [3.63, 3.8) is 0 Å². The molecule has 0 saturated carbocycles. The summed E-state index contributed by atoms with van der Waals surface area (Å²) in [6.45, 7) is -0.643. The van der Waals surface area contributed by atoms with Crippen LogP contribution in [0.1, 0.15) is 16.8 Å². The van der Waals surface area contributed by atoms with Crippen LogP contribution in [0.3, 0.4) is 0 Å². The fourth-order valence-corrected chi connectivity index (χ4v) is 1.97. The number of esters is 1. The summed E-state index contributed by atoms with van der Waals surface area (Å²) in [5.74, 6) is -6.11. The summed E-state index contributed by atoms with van der Waals surface area (Å²) in [6, 6.07) is 7.77. The zero-order valence-electron chi connectivity index (χ0n) is 9.75. The summed E-state index contributed by atoms with van der Waals surface area (Å²) < 4.78 is 59.7. The molecule has 0 fully saturated rings. The van der Waals surface area contributed by atoms with Gasteiger partial charge in [-0.1, -0.05) is 18.2 Å². The molecular weight excluding hydrogens is 282 g/mol. The molecule has 1 rings (SSSR count). The van der Waals surface area contributed by atoms with Gasteiger partial charge >= 0.3 is 5.97 Å². The summed E-state index contributed by atoms with van der Waals surface area (Å²) >= 11 is 0. The normalized spacial score (nSPS) is 12.2. The first-order valence-electron chi connectivity index (χ1n) is 5.25. The molecule has 0 aliphatic rings. The number of hydrogen-bond donors (Lipinski definition) is 1. The maximum atomic E-state index is 13.0. The molecule has 0 atom stereocenters. The van der Waals surface area contributed by atoms with Crippen LogP contribution in [0.4, 0.5) is 8.78 Å². The van der Waals surface area contributed by atoms with Gasteiger partial charge in [0.05, 0.1) is 12.2 Å². The Labute approximate surface area is 108 Å². The minimum Gasteiger partial charge on any atom is -0.462 e. The SMILES string of the molecule is O=C(OCCC(F)(F)CS(=O)(=O)O)c1ccccc1. The van der Waals surface area contributed by atoms with Crippen molar-refractivity contribution >= 4 is 16.1 Å². The molecule has 0 radical (unpaired) electrons. The third kappa shape index (κ3) is 6.25. The van der Waals surface area contributed by atoms with Crippen molar-refractivity contribution in [1.82, 2.24) is 0 Å². The predicted molar refractivity (Wildman–Crippen MR) is 62.7 cm³/mol. The molecule has 5 nitrogen and oxygen atoms in total. The molecule has 0 aliphatic heterocycles. The lowest BCUT2D eigenvalue weighted by atomic mass is 10.2. The minimum atomic E-state index is -4.78. The Morgan fingerprint density at radius 3 is 2.37 bits per heavy atom. The lowest BCUT2D eigenvalue weighted by molar-refractivity contribution is -0.00899. The Hall–Kier alpha value is -1.54. The van der Waals surface area contributed by atoms with Crippen molar-refractivity contribution < 1.29 is 31.3 Å². The number of hydrogen-bond acceptors (Lipinski definition) is 4. The molecule has 1 N–H and O–H groups in total. The maximum absolute atomic E-state index is 13.0. The number of alkyl halides is 2. The van der Waals surface area contributed by atoms with Gasteiger partial charge in [0.25, 0.3) is 16.0 Å². The summed E-state index contributed by atoms with van der Waals surface area (Å²) in [5, 5.41) is 0. The van der Waals surface area contributed by atoms with Crippen LogP contribution in [-0.2, 0) is 14.9 Å². The van der Waals surface area contributed by atoms with Crippen LogP contribution in [0.2, 0.25) is 0 Å². The van der Waals surface area contributed by atoms with Gasteiger partial charge in [0.1, 0.15) is 5.75 Å². The van der Waals surface area contributed by atoms with Gasteiger partial charge in [-0.25, -0.2) is 13.6 Å². The second-order valence-corrected chi connectivity index (χ2v) is 5.29. The van der Waals surface area contributed by atoms with Crippen LogP contribution >= 0.6 is 0 Å². The second kappa shape index (κ2) is 6.07. The summed E-state index contributed by atoms with van der Waals surface area (Å²) in [4.78, 5) is 11.4. The Balaban J connectivity index is 2.44. The molecule has 0 heterocycles. The smallest absolute Gasteiger partial charge is 0.338 e. The Kier molecular flexibility index (Phi) is 4.96. The van der Waals surface area contributed by atoms with E-state index in [-0.39, 0.29) is 5.56 Å². The third-order valence-electron chi connectivity index (χ3n) is 2.10. The third-order valence-corrected chi connectivity index (χ3v) is 2.89. The molecule has 0 aromatic heterocycles. The number of rotatable bonds is 6. The van der Waals surface area contributed by atoms with E-state index in [2.05, 4.69) is 4.74 Å². The van der Waals surface area contributed by atoms with E-state index in [9.17, 15) is 22.0 Å². The van der Waals surface area contributed by atoms with Gasteiger partial charge in [-0.05, 0) is 12.1 Å². The average molecular weight is 294 g/mol. The Morgan fingerprint density at radius 1 is 1.26 bits per heavy atom. The van der Waals surface area contributed by atoms with Gasteiger partial charge in [-0.3, -0.25) is 4.55 Å². The molecule has 1 aromatic rings. The summed E-state index contributed by atoms with van der Waals surface area (Å²) in [6.07, 6.45) is -0.981. The molecule has 0 saturated heterocycles. The van der Waals surface area contributed by atoms with Gasteiger partial charge in [0.15, 0.2) is 0 Å². The maximum Gasteiger partial charge on any atom is 0.338 e. The lowest BCUT2D eigenvalue weighted by Gasteiger charge is -2.14. The van der Waals surface area contributed by atoms with E-state index in [0.717, 1.165) is 0 Å². The highest BCUT2D eigenvalue weighted by Crippen LogP contribution is 2.20. The largest absolute Gasteiger partial charge is 0.462 e. The molecule has 8 heteroatoms. The van der Waals surface area contributed by atoms with E-state index >= 15 is 0 Å². The first-order valence-corrected chi connectivity index (χ1v) is 6.86. The van der Waals surface area contributed by atoms with Crippen molar-refractivity contribution in [2.45, 2.75) is 12.3 Å². The number of benzene rings is 1. The van der Waals surface area contributed by atoms with Crippen molar-refractivity contribution in [2.24, 2.45) is 0 Å². The molecule has 0 amide bonds. The zero-order valence-corrected chi connectivity index (χ0v) is 10.6. The van der Waals surface area contributed by atoms with E-state index in [1.54, 1.807) is 18.2 Å². The molecule has 0 aliphatic carbocycles. The zero-order chi connectivity index (χ0) is 14.5. The highest BCUT2D eigenvalue weighted by molar-refractivity contribution is 7.85. The van der Waals surface area contributed by atoms with Gasteiger partial charge in [0, 0.05) is 6.42 Å². The fourth-order valence-electron chi connectivity index (χ4n) is 1.29. The van der Waals surface area contributed by atoms with Crippen molar-refractivity contribution in [3.8, 4) is 0 Å². The molecule has 0 spiro atoms. The summed E-state index contributed by atoms with van der Waals surface area (Å²) in [5.41, 5.74) is 0.209. The standard InChI is InChI=1S/C11H12F2O5S/c12-11(13,8-19(15,16)17)6-7-18-10(14)9-4-2-1-3-5-9/h1-5H,6-8H2,(H,15,16,17). The van der Waals surface area contributed by atoms with Crippen LogP contribution in [0.5, 0.6) is 0 Å². The minimum absolute atomic E-state index is 0.209. The van der Waals surface area contributed by atoms with E-state index < -0.39 is 40.8 Å². The van der Waals surface area contributed by atoms with E-state index in [0.29, 0.717) is 0 Å². The monoisotopic (exact) mass is 294 g/mol. The van der Waals surface area contributed by atoms with Gasteiger partial charge < -0.3 is 4.74 Å². The molecule has 0 unspecified atom stereocenters. The van der Waals surface area contributed by atoms with Gasteiger partial charge in [-0.15, -0.1) is 0 Å². The fraction of sp³-hybridized carbons (Fsp3) is 0.364. The second-order valence-electron chi connectivity index (χ2n) is 3.83. The van der Waals surface area contributed by atoms with Crippen LogP contribution in [-0.4, -0.2) is 37.2 Å². The molecule has 1 aromatic carbocycles. The lowest BCUT2D eigenvalue weighted by Crippen LogP contribution is -2.29. The van der Waals surface area contributed by atoms with Crippen LogP contribution < -0.4 is 0 Å². The van der Waals surface area contributed by atoms with E-state index in [4.69, 9.17) is 4.55 Å². The average Bonchev–Trinajstić information content (AvgIpc) is 2.26. The topological polar surface area (TPSA) is 80.7 Å².